The highest BCUT2D eigenvalue weighted by Gasteiger charge is 2.18. The highest BCUT2D eigenvalue weighted by atomic mass is 19.3. The number of anilines is 1. The zero-order chi connectivity index (χ0) is 15.6. The average molecular weight is 305 g/mol. The summed E-state index contributed by atoms with van der Waals surface area (Å²) in [6, 6.07) is 2.81. The van der Waals surface area contributed by atoms with Crippen molar-refractivity contribution in [3.05, 3.63) is 35.9 Å². The Morgan fingerprint density at radius 1 is 1.14 bits per heavy atom. The smallest absolute Gasteiger partial charge is 0.387 e. The first kappa shape index (κ1) is 14.9. The third-order valence-electron chi connectivity index (χ3n) is 2.47. The van der Waals surface area contributed by atoms with Crippen molar-refractivity contribution in [1.29, 1.82) is 0 Å². The molecule has 0 amide bonds. The van der Waals surface area contributed by atoms with Crippen LogP contribution in [0.4, 0.5) is 27.8 Å². The topological polar surface area (TPSA) is 61.0 Å². The monoisotopic (exact) mass is 305 g/mol. The van der Waals surface area contributed by atoms with Crippen molar-refractivity contribution in [2.75, 3.05) is 5.73 Å². The van der Waals surface area contributed by atoms with Crippen molar-refractivity contribution < 1.29 is 26.7 Å². The van der Waals surface area contributed by atoms with Gasteiger partial charge in [0.15, 0.2) is 5.82 Å². The highest BCUT2D eigenvalue weighted by Crippen LogP contribution is 2.32. The molecule has 0 unspecified atom stereocenters. The van der Waals surface area contributed by atoms with Crippen LogP contribution in [0.1, 0.15) is 12.1 Å². The van der Waals surface area contributed by atoms with Gasteiger partial charge in [0, 0.05) is 11.6 Å². The minimum Gasteiger partial charge on any atom is -0.434 e. The maximum Gasteiger partial charge on any atom is 0.387 e. The number of alkyl halides is 4. The van der Waals surface area contributed by atoms with E-state index in [1.165, 1.54) is 0 Å². The Kier molecular flexibility index (Phi) is 4.20. The van der Waals surface area contributed by atoms with Gasteiger partial charge in [-0.15, -0.1) is 0 Å². The minimum atomic E-state index is -3.18. The van der Waals surface area contributed by atoms with Crippen LogP contribution in [0.3, 0.4) is 0 Å². The Bertz CT molecular complexity index is 651. The maximum absolute atomic E-state index is 13.1. The lowest BCUT2D eigenvalue weighted by atomic mass is 10.1. The first-order valence-electron chi connectivity index (χ1n) is 5.53. The quantitative estimate of drug-likeness (QED) is 0.879. The summed E-state index contributed by atoms with van der Waals surface area (Å²) in [6.07, 6.45) is -2.00. The second-order valence-corrected chi connectivity index (χ2v) is 3.85. The van der Waals surface area contributed by atoms with Crippen LogP contribution in [0.25, 0.3) is 11.3 Å². The predicted octanol–water partition coefficient (Wildman–Crippen LogP) is 3.40. The molecule has 2 rings (SSSR count). The third kappa shape index (κ3) is 3.36. The van der Waals surface area contributed by atoms with Crippen molar-refractivity contribution in [3.63, 3.8) is 0 Å². The Labute approximate surface area is 115 Å². The van der Waals surface area contributed by atoms with Crippen molar-refractivity contribution in [2.45, 2.75) is 13.0 Å². The lowest BCUT2D eigenvalue weighted by Gasteiger charge is -2.11. The maximum atomic E-state index is 13.1. The zero-order valence-corrected chi connectivity index (χ0v) is 10.2. The molecule has 4 nitrogen and oxygen atoms in total. The van der Waals surface area contributed by atoms with Gasteiger partial charge >= 0.3 is 6.61 Å². The van der Waals surface area contributed by atoms with Crippen LogP contribution in [-0.2, 0) is 0 Å². The minimum absolute atomic E-state index is 0.0447. The molecule has 9 heteroatoms. The largest absolute Gasteiger partial charge is 0.434 e. The number of ether oxygens (including phenoxy) is 1. The van der Waals surface area contributed by atoms with Gasteiger partial charge in [-0.2, -0.15) is 8.78 Å². The van der Waals surface area contributed by atoms with Gasteiger partial charge in [0.25, 0.3) is 6.43 Å². The molecule has 21 heavy (non-hydrogen) atoms. The van der Waals surface area contributed by atoms with Crippen molar-refractivity contribution >= 4 is 5.82 Å². The summed E-state index contributed by atoms with van der Waals surface area (Å²) in [5.41, 5.74) is 4.46. The fraction of sp³-hybridized carbons (Fsp3) is 0.167. The van der Waals surface area contributed by atoms with Crippen molar-refractivity contribution in [2.24, 2.45) is 0 Å². The molecular weight excluding hydrogens is 297 g/mol. The van der Waals surface area contributed by atoms with E-state index in [1.54, 1.807) is 0 Å². The number of nitrogens with two attached hydrogens (primary N) is 1. The molecule has 1 heterocycles. The Morgan fingerprint density at radius 3 is 2.43 bits per heavy atom. The van der Waals surface area contributed by atoms with Gasteiger partial charge < -0.3 is 10.5 Å². The lowest BCUT2D eigenvalue weighted by Crippen LogP contribution is -2.06. The predicted molar refractivity (Wildman–Crippen MR) is 63.4 cm³/mol. The van der Waals surface area contributed by atoms with Gasteiger partial charge in [0.2, 0.25) is 0 Å². The second kappa shape index (κ2) is 5.90. The number of hydrogen-bond donors (Lipinski definition) is 1. The van der Waals surface area contributed by atoms with Gasteiger partial charge in [-0.05, 0) is 12.1 Å². The number of hydrogen-bond acceptors (Lipinski definition) is 4. The van der Waals surface area contributed by atoms with Crippen LogP contribution in [-0.4, -0.2) is 16.6 Å². The van der Waals surface area contributed by atoms with Crippen LogP contribution in [0.2, 0.25) is 0 Å². The first-order chi connectivity index (χ1) is 9.88. The number of nitrogen functional groups attached to an aromatic ring is 1. The van der Waals surface area contributed by atoms with Crippen LogP contribution in [0.15, 0.2) is 24.4 Å². The summed E-state index contributed by atoms with van der Waals surface area (Å²) in [7, 11) is 0. The van der Waals surface area contributed by atoms with Crippen LogP contribution < -0.4 is 10.5 Å². The third-order valence-corrected chi connectivity index (χ3v) is 2.47. The summed E-state index contributed by atoms with van der Waals surface area (Å²) in [4.78, 5) is 7.07. The van der Waals surface area contributed by atoms with E-state index in [0.717, 1.165) is 24.4 Å². The highest BCUT2D eigenvalue weighted by molar-refractivity contribution is 5.67. The van der Waals surface area contributed by atoms with E-state index < -0.39 is 36.1 Å². The fourth-order valence-electron chi connectivity index (χ4n) is 1.61. The number of rotatable bonds is 4. The zero-order valence-electron chi connectivity index (χ0n) is 10.2. The molecule has 1 aromatic carbocycles. The molecule has 0 saturated carbocycles. The van der Waals surface area contributed by atoms with Gasteiger partial charge in [-0.3, -0.25) is 0 Å². The number of halogens is 5. The SMILES string of the molecule is Nc1nc(-c2ccc(F)cc2OC(F)F)cnc1C(F)F. The molecule has 0 aliphatic heterocycles. The molecule has 0 saturated heterocycles. The molecule has 0 spiro atoms. The number of aromatic nitrogens is 2. The molecular formula is C12H8F5N3O. The van der Waals surface area contributed by atoms with Gasteiger partial charge in [-0.1, -0.05) is 0 Å². The number of benzene rings is 1. The molecule has 0 fully saturated rings. The van der Waals surface area contributed by atoms with E-state index in [1.807, 2.05) is 0 Å². The molecule has 0 bridgehead atoms. The van der Waals surface area contributed by atoms with E-state index in [9.17, 15) is 22.0 Å². The van der Waals surface area contributed by atoms with Crippen LogP contribution in [0, 0.1) is 5.82 Å². The Balaban J connectivity index is 2.48. The molecule has 0 aliphatic carbocycles. The molecule has 0 atom stereocenters. The van der Waals surface area contributed by atoms with E-state index >= 15 is 0 Å². The molecule has 1 aromatic heterocycles. The summed E-state index contributed by atoms with van der Waals surface area (Å²) < 4.78 is 66.9. The summed E-state index contributed by atoms with van der Waals surface area (Å²) in [6.45, 7) is -3.18. The first-order valence-corrected chi connectivity index (χ1v) is 5.53. The molecule has 2 N–H and O–H groups in total. The van der Waals surface area contributed by atoms with Crippen molar-refractivity contribution in [3.8, 4) is 17.0 Å². The second-order valence-electron chi connectivity index (χ2n) is 3.85. The summed E-state index contributed by atoms with van der Waals surface area (Å²) in [5.74, 6) is -1.85. The van der Waals surface area contributed by atoms with Crippen LogP contribution in [0.5, 0.6) is 5.75 Å². The summed E-state index contributed by atoms with van der Waals surface area (Å²) >= 11 is 0. The molecule has 112 valence electrons. The van der Waals surface area contributed by atoms with E-state index in [-0.39, 0.29) is 11.3 Å². The molecule has 0 radical (unpaired) electrons. The standard InChI is InChI=1S/C12H8F5N3O/c13-5-1-2-6(8(3-5)21-12(16)17)7-4-19-9(10(14)15)11(18)20-7/h1-4,10,12H,(H2,18,20). The van der Waals surface area contributed by atoms with Gasteiger partial charge in [-0.25, -0.2) is 23.1 Å². The van der Waals surface area contributed by atoms with Crippen LogP contribution >= 0.6 is 0 Å². The Hall–Kier alpha value is -2.45. The van der Waals surface area contributed by atoms with Crippen molar-refractivity contribution in [1.82, 2.24) is 9.97 Å². The summed E-state index contributed by atoms with van der Waals surface area (Å²) in [5, 5.41) is 0. The van der Waals surface area contributed by atoms with Gasteiger partial charge in [0.05, 0.1) is 11.9 Å². The Morgan fingerprint density at radius 2 is 1.86 bits per heavy atom. The van der Waals surface area contributed by atoms with E-state index in [4.69, 9.17) is 5.73 Å². The lowest BCUT2D eigenvalue weighted by molar-refractivity contribution is -0.0496. The van der Waals surface area contributed by atoms with Gasteiger partial charge in [0.1, 0.15) is 17.3 Å². The normalized spacial score (nSPS) is 11.2. The van der Waals surface area contributed by atoms with E-state index in [2.05, 4.69) is 14.7 Å². The number of nitrogens with zero attached hydrogens (tertiary/aromatic N) is 2. The fourth-order valence-corrected chi connectivity index (χ4v) is 1.61. The molecule has 0 aliphatic rings. The average Bonchev–Trinajstić information content (AvgIpc) is 2.37. The molecule has 2 aromatic rings. The van der Waals surface area contributed by atoms with E-state index in [0.29, 0.717) is 0 Å².